The van der Waals surface area contributed by atoms with Crippen LogP contribution in [0.4, 0.5) is 0 Å². The number of rotatable bonds is 6. The number of methoxy groups -OCH3 is 1. The molecule has 0 spiro atoms. The quantitative estimate of drug-likeness (QED) is 0.826. The van der Waals surface area contributed by atoms with Gasteiger partial charge in [0.1, 0.15) is 5.82 Å². The number of hydrogen-bond acceptors (Lipinski definition) is 5. The zero-order valence-corrected chi connectivity index (χ0v) is 13.1. The average Bonchev–Trinajstić information content (AvgIpc) is 3.10. The molecule has 0 radical (unpaired) electrons. The Bertz CT molecular complexity index is 613. The van der Waals surface area contributed by atoms with E-state index in [-0.39, 0.29) is 5.16 Å². The lowest BCUT2D eigenvalue weighted by Gasteiger charge is -2.21. The third-order valence-electron chi connectivity index (χ3n) is 4.90. The lowest BCUT2D eigenvalue weighted by molar-refractivity contribution is 0.182. The van der Waals surface area contributed by atoms with Gasteiger partial charge in [0.2, 0.25) is 0 Å². The maximum atomic E-state index is 11.6. The number of hydrogen-bond donors (Lipinski definition) is 1. The van der Waals surface area contributed by atoms with E-state index in [1.54, 1.807) is 11.7 Å². The first-order valence-electron chi connectivity index (χ1n) is 7.43. The summed E-state index contributed by atoms with van der Waals surface area (Å²) in [6.45, 7) is 0.815. The third-order valence-corrected chi connectivity index (χ3v) is 5.71. The molecule has 2 bridgehead atoms. The van der Waals surface area contributed by atoms with Crippen molar-refractivity contribution in [2.24, 2.45) is 22.9 Å². The molecule has 2 fully saturated rings. The van der Waals surface area contributed by atoms with Crippen LogP contribution in [-0.4, -0.2) is 36.9 Å². The first kappa shape index (κ1) is 14.9. The van der Waals surface area contributed by atoms with Crippen molar-refractivity contribution in [3.05, 3.63) is 5.82 Å². The Hall–Kier alpha value is -0.990. The number of primary sulfonamides is 1. The molecule has 3 rings (SSSR count). The van der Waals surface area contributed by atoms with Gasteiger partial charge in [-0.2, -0.15) is 0 Å². The second-order valence-electron chi connectivity index (χ2n) is 6.23. The summed E-state index contributed by atoms with van der Waals surface area (Å²) in [4.78, 5) is 0. The molecule has 8 heteroatoms. The van der Waals surface area contributed by atoms with Crippen LogP contribution >= 0.6 is 0 Å². The average molecular weight is 314 g/mol. The molecule has 7 nitrogen and oxygen atoms in total. The lowest BCUT2D eigenvalue weighted by atomic mass is 9.86. The molecule has 1 aromatic rings. The third kappa shape index (κ3) is 2.97. The summed E-state index contributed by atoms with van der Waals surface area (Å²) in [7, 11) is -2.27. The Morgan fingerprint density at radius 1 is 1.33 bits per heavy atom. The number of fused-ring (bicyclic) bond motifs is 2. The van der Waals surface area contributed by atoms with Crippen molar-refractivity contribution < 1.29 is 13.2 Å². The van der Waals surface area contributed by atoms with Crippen molar-refractivity contribution in [2.75, 3.05) is 13.7 Å². The lowest BCUT2D eigenvalue weighted by Crippen LogP contribution is -2.22. The zero-order valence-electron chi connectivity index (χ0n) is 12.2. The Balaban J connectivity index is 1.82. The van der Waals surface area contributed by atoms with Crippen LogP contribution in [0.25, 0.3) is 0 Å². The van der Waals surface area contributed by atoms with Gasteiger partial charge < -0.3 is 4.74 Å². The summed E-state index contributed by atoms with van der Waals surface area (Å²) in [5.41, 5.74) is 0. The second-order valence-corrected chi connectivity index (χ2v) is 7.68. The summed E-state index contributed by atoms with van der Waals surface area (Å²) in [6.07, 6.45) is 5.97. The van der Waals surface area contributed by atoms with Crippen LogP contribution in [0, 0.1) is 17.8 Å². The Morgan fingerprint density at radius 2 is 2.14 bits per heavy atom. The highest BCUT2D eigenvalue weighted by atomic mass is 32.2. The van der Waals surface area contributed by atoms with E-state index in [0.29, 0.717) is 24.9 Å². The van der Waals surface area contributed by atoms with Gasteiger partial charge in [0.05, 0.1) is 6.61 Å². The van der Waals surface area contributed by atoms with Crippen LogP contribution in [0.15, 0.2) is 5.16 Å². The molecule has 0 amide bonds. The Labute approximate surface area is 124 Å². The number of ether oxygens (including phenoxy) is 1. The fraction of sp³-hybridized carbons (Fsp3) is 0.846. The molecule has 0 saturated heterocycles. The van der Waals surface area contributed by atoms with E-state index in [9.17, 15) is 8.42 Å². The molecular formula is C13H22N4O3S. The van der Waals surface area contributed by atoms with Crippen LogP contribution in [0.3, 0.4) is 0 Å². The first-order chi connectivity index (χ1) is 9.99. The predicted molar refractivity (Wildman–Crippen MR) is 75.9 cm³/mol. The number of sulfonamides is 1. The van der Waals surface area contributed by atoms with Gasteiger partial charge in [0.15, 0.2) is 0 Å². The minimum Gasteiger partial charge on any atom is -0.383 e. The van der Waals surface area contributed by atoms with Crippen LogP contribution < -0.4 is 5.14 Å². The topological polar surface area (TPSA) is 100 Å². The van der Waals surface area contributed by atoms with E-state index < -0.39 is 10.0 Å². The molecule has 0 aromatic carbocycles. The summed E-state index contributed by atoms with van der Waals surface area (Å²) in [6, 6.07) is 0. The molecule has 2 aliphatic rings. The van der Waals surface area contributed by atoms with E-state index in [1.807, 2.05) is 0 Å². The van der Waals surface area contributed by atoms with Crippen LogP contribution in [0.5, 0.6) is 0 Å². The normalized spacial score (nSPS) is 28.4. The first-order valence-corrected chi connectivity index (χ1v) is 8.97. The summed E-state index contributed by atoms with van der Waals surface area (Å²) >= 11 is 0. The SMILES string of the molecule is COCCn1c(CC2CC3CCC2C3)nnc1S(N)(=O)=O. The summed E-state index contributed by atoms with van der Waals surface area (Å²) in [5.74, 6) is 2.93. The maximum absolute atomic E-state index is 11.6. The molecule has 21 heavy (non-hydrogen) atoms. The summed E-state index contributed by atoms with van der Waals surface area (Å²) in [5, 5.41) is 12.9. The standard InChI is InChI=1S/C13H22N4O3S/c1-20-5-4-17-12(15-16-13(17)21(14,18)19)8-11-7-9-2-3-10(11)6-9/h9-11H,2-8H2,1H3,(H2,14,18,19). The molecule has 2 aliphatic carbocycles. The van der Waals surface area contributed by atoms with Crippen LogP contribution in [0.1, 0.15) is 31.5 Å². The molecule has 2 N–H and O–H groups in total. The van der Waals surface area contributed by atoms with Gasteiger partial charge in [0, 0.05) is 20.1 Å². The van der Waals surface area contributed by atoms with Crippen molar-refractivity contribution in [1.29, 1.82) is 0 Å². The number of aromatic nitrogens is 3. The Morgan fingerprint density at radius 3 is 2.71 bits per heavy atom. The van der Waals surface area contributed by atoms with Crippen molar-refractivity contribution in [1.82, 2.24) is 14.8 Å². The van der Waals surface area contributed by atoms with Crippen molar-refractivity contribution in [3.8, 4) is 0 Å². The molecule has 2 saturated carbocycles. The molecule has 1 aromatic heterocycles. The Kier molecular flexibility index (Phi) is 4.02. The molecule has 1 heterocycles. The monoisotopic (exact) mass is 314 g/mol. The number of nitrogens with two attached hydrogens (primary N) is 1. The largest absolute Gasteiger partial charge is 0.383 e. The van der Waals surface area contributed by atoms with E-state index in [2.05, 4.69) is 10.2 Å². The van der Waals surface area contributed by atoms with E-state index >= 15 is 0 Å². The van der Waals surface area contributed by atoms with Gasteiger partial charge in [-0.3, -0.25) is 4.57 Å². The van der Waals surface area contributed by atoms with Crippen molar-refractivity contribution >= 4 is 10.0 Å². The van der Waals surface area contributed by atoms with Crippen molar-refractivity contribution in [2.45, 2.75) is 43.8 Å². The summed E-state index contributed by atoms with van der Waals surface area (Å²) < 4.78 is 29.9. The predicted octanol–water partition coefficient (Wildman–Crippen LogP) is 0.551. The van der Waals surface area contributed by atoms with Crippen LogP contribution in [-0.2, 0) is 27.7 Å². The molecular weight excluding hydrogens is 292 g/mol. The van der Waals surface area contributed by atoms with Gasteiger partial charge in [-0.15, -0.1) is 10.2 Å². The van der Waals surface area contributed by atoms with Gasteiger partial charge in [-0.05, 0) is 37.0 Å². The highest BCUT2D eigenvalue weighted by Crippen LogP contribution is 2.49. The second kappa shape index (κ2) is 5.66. The highest BCUT2D eigenvalue weighted by Gasteiger charge is 2.40. The van der Waals surface area contributed by atoms with Gasteiger partial charge in [0.25, 0.3) is 15.2 Å². The minimum atomic E-state index is -3.85. The van der Waals surface area contributed by atoms with E-state index in [4.69, 9.17) is 9.88 Å². The fourth-order valence-corrected chi connectivity index (χ4v) is 4.61. The molecule has 0 aliphatic heterocycles. The number of nitrogens with zero attached hydrogens (tertiary/aromatic N) is 3. The highest BCUT2D eigenvalue weighted by molar-refractivity contribution is 7.89. The zero-order chi connectivity index (χ0) is 15.0. The van der Waals surface area contributed by atoms with E-state index in [1.165, 1.54) is 25.7 Å². The van der Waals surface area contributed by atoms with E-state index in [0.717, 1.165) is 18.3 Å². The molecule has 118 valence electrons. The minimum absolute atomic E-state index is 0.155. The van der Waals surface area contributed by atoms with Gasteiger partial charge in [-0.25, -0.2) is 13.6 Å². The molecule has 3 unspecified atom stereocenters. The molecule has 3 atom stereocenters. The smallest absolute Gasteiger partial charge is 0.273 e. The van der Waals surface area contributed by atoms with Crippen molar-refractivity contribution in [3.63, 3.8) is 0 Å². The van der Waals surface area contributed by atoms with Crippen LogP contribution in [0.2, 0.25) is 0 Å². The van der Waals surface area contributed by atoms with Gasteiger partial charge in [-0.1, -0.05) is 6.42 Å². The van der Waals surface area contributed by atoms with Gasteiger partial charge >= 0.3 is 0 Å². The fourth-order valence-electron chi connectivity index (χ4n) is 3.95. The maximum Gasteiger partial charge on any atom is 0.273 e.